The Balaban J connectivity index is 1.88. The van der Waals surface area contributed by atoms with E-state index < -0.39 is 0 Å². The van der Waals surface area contributed by atoms with Gasteiger partial charge in [-0.15, -0.1) is 6.42 Å². The number of terminal acetylenes is 1. The number of piperazine rings is 1. The highest BCUT2D eigenvalue weighted by atomic mass is 16.5. The van der Waals surface area contributed by atoms with Crippen LogP contribution in [0.3, 0.4) is 0 Å². The number of methoxy groups -OCH3 is 1. The van der Waals surface area contributed by atoms with E-state index >= 15 is 0 Å². The standard InChI is InChI=1S/C18H23N3O3/c1-4-9-19-17(22)14(2)20-10-12-21(13-11-20)18(23)15-5-7-16(24-3)8-6-15/h1,5-8,14H,9-13H2,2-3H3,(H,19,22)/t14-/m1/s1. The number of carbonyl (C=O) groups is 2. The molecule has 1 aromatic carbocycles. The molecule has 2 rings (SSSR count). The molecular formula is C18H23N3O3. The van der Waals surface area contributed by atoms with Gasteiger partial charge in [-0.05, 0) is 31.2 Å². The fraction of sp³-hybridized carbons (Fsp3) is 0.444. The molecule has 0 bridgehead atoms. The van der Waals surface area contributed by atoms with Gasteiger partial charge in [-0.25, -0.2) is 0 Å². The summed E-state index contributed by atoms with van der Waals surface area (Å²) in [6.45, 7) is 4.60. The molecule has 1 aliphatic heterocycles. The van der Waals surface area contributed by atoms with E-state index in [1.54, 1.807) is 31.4 Å². The van der Waals surface area contributed by atoms with Crippen LogP contribution in [0.1, 0.15) is 17.3 Å². The first-order valence-corrected chi connectivity index (χ1v) is 7.95. The molecule has 1 fully saturated rings. The SMILES string of the molecule is C#CCNC(=O)[C@@H](C)N1CCN(C(=O)c2ccc(OC)cc2)CC1. The molecule has 1 N–H and O–H groups in total. The lowest BCUT2D eigenvalue weighted by Crippen LogP contribution is -2.55. The average molecular weight is 329 g/mol. The van der Waals surface area contributed by atoms with Crippen LogP contribution in [0, 0.1) is 12.3 Å². The number of ether oxygens (including phenoxy) is 1. The summed E-state index contributed by atoms with van der Waals surface area (Å²) in [7, 11) is 1.59. The van der Waals surface area contributed by atoms with Crippen LogP contribution < -0.4 is 10.1 Å². The van der Waals surface area contributed by atoms with E-state index in [0.717, 1.165) is 5.75 Å². The molecule has 128 valence electrons. The van der Waals surface area contributed by atoms with Gasteiger partial charge in [0.05, 0.1) is 19.7 Å². The van der Waals surface area contributed by atoms with Gasteiger partial charge in [0.25, 0.3) is 5.91 Å². The summed E-state index contributed by atoms with van der Waals surface area (Å²) in [5.74, 6) is 3.04. The van der Waals surface area contributed by atoms with Gasteiger partial charge in [0.1, 0.15) is 5.75 Å². The molecule has 1 atom stereocenters. The third-order valence-electron chi connectivity index (χ3n) is 4.23. The number of hydrogen-bond acceptors (Lipinski definition) is 4. The van der Waals surface area contributed by atoms with E-state index in [1.807, 2.05) is 11.8 Å². The Morgan fingerprint density at radius 1 is 1.25 bits per heavy atom. The second kappa shape index (κ2) is 8.37. The summed E-state index contributed by atoms with van der Waals surface area (Å²) in [6.07, 6.45) is 5.15. The van der Waals surface area contributed by atoms with Crippen molar-refractivity contribution in [2.75, 3.05) is 39.8 Å². The zero-order chi connectivity index (χ0) is 17.5. The Hall–Kier alpha value is -2.52. The summed E-state index contributed by atoms with van der Waals surface area (Å²) in [6, 6.07) is 6.84. The molecule has 6 heteroatoms. The summed E-state index contributed by atoms with van der Waals surface area (Å²) in [5, 5.41) is 2.69. The third-order valence-corrected chi connectivity index (χ3v) is 4.23. The maximum absolute atomic E-state index is 12.5. The maximum Gasteiger partial charge on any atom is 0.253 e. The molecule has 1 saturated heterocycles. The molecule has 1 aromatic rings. The van der Waals surface area contributed by atoms with Crippen LogP contribution in [0.2, 0.25) is 0 Å². The van der Waals surface area contributed by atoms with Crippen molar-refractivity contribution in [3.8, 4) is 18.1 Å². The Labute approximate surface area is 142 Å². The van der Waals surface area contributed by atoms with Crippen LogP contribution in [-0.2, 0) is 4.79 Å². The van der Waals surface area contributed by atoms with E-state index in [4.69, 9.17) is 11.2 Å². The summed E-state index contributed by atoms with van der Waals surface area (Å²) in [5.41, 5.74) is 0.643. The smallest absolute Gasteiger partial charge is 0.253 e. The number of benzene rings is 1. The first kappa shape index (κ1) is 17.8. The summed E-state index contributed by atoms with van der Waals surface area (Å²) >= 11 is 0. The zero-order valence-corrected chi connectivity index (χ0v) is 14.1. The third kappa shape index (κ3) is 4.27. The minimum atomic E-state index is -0.253. The fourth-order valence-electron chi connectivity index (χ4n) is 2.68. The zero-order valence-electron chi connectivity index (χ0n) is 14.1. The molecule has 0 spiro atoms. The number of nitrogens with zero attached hydrogens (tertiary/aromatic N) is 2. The molecule has 2 amide bonds. The minimum absolute atomic E-state index is 0.00161. The molecule has 0 saturated carbocycles. The van der Waals surface area contributed by atoms with E-state index in [-0.39, 0.29) is 24.4 Å². The molecule has 0 aliphatic carbocycles. The van der Waals surface area contributed by atoms with E-state index in [9.17, 15) is 9.59 Å². The predicted molar refractivity (Wildman–Crippen MR) is 91.8 cm³/mol. The van der Waals surface area contributed by atoms with Crippen LogP contribution in [-0.4, -0.2) is 67.5 Å². The first-order chi connectivity index (χ1) is 11.6. The van der Waals surface area contributed by atoms with Gasteiger partial charge in [-0.1, -0.05) is 5.92 Å². The first-order valence-electron chi connectivity index (χ1n) is 7.95. The van der Waals surface area contributed by atoms with Gasteiger partial charge in [-0.2, -0.15) is 0 Å². The number of rotatable bonds is 5. The maximum atomic E-state index is 12.5. The largest absolute Gasteiger partial charge is 0.497 e. The highest BCUT2D eigenvalue weighted by Gasteiger charge is 2.27. The molecule has 24 heavy (non-hydrogen) atoms. The quantitative estimate of drug-likeness (QED) is 0.803. The van der Waals surface area contributed by atoms with Crippen molar-refractivity contribution in [1.82, 2.24) is 15.1 Å². The van der Waals surface area contributed by atoms with Crippen LogP contribution in [0.15, 0.2) is 24.3 Å². The van der Waals surface area contributed by atoms with Crippen molar-refractivity contribution < 1.29 is 14.3 Å². The normalized spacial score (nSPS) is 16.1. The van der Waals surface area contributed by atoms with E-state index in [0.29, 0.717) is 31.7 Å². The van der Waals surface area contributed by atoms with Crippen molar-refractivity contribution in [2.24, 2.45) is 0 Å². The monoisotopic (exact) mass is 329 g/mol. The van der Waals surface area contributed by atoms with Crippen LogP contribution in [0.5, 0.6) is 5.75 Å². The molecule has 1 heterocycles. The van der Waals surface area contributed by atoms with Crippen molar-refractivity contribution >= 4 is 11.8 Å². The number of amides is 2. The van der Waals surface area contributed by atoms with E-state index in [1.165, 1.54) is 0 Å². The fourth-order valence-corrected chi connectivity index (χ4v) is 2.68. The van der Waals surface area contributed by atoms with Crippen molar-refractivity contribution in [3.05, 3.63) is 29.8 Å². The second-order valence-corrected chi connectivity index (χ2v) is 5.65. The second-order valence-electron chi connectivity index (χ2n) is 5.65. The van der Waals surface area contributed by atoms with Crippen LogP contribution in [0.25, 0.3) is 0 Å². The van der Waals surface area contributed by atoms with Crippen LogP contribution >= 0.6 is 0 Å². The lowest BCUT2D eigenvalue weighted by atomic mass is 10.1. The minimum Gasteiger partial charge on any atom is -0.497 e. The highest BCUT2D eigenvalue weighted by Crippen LogP contribution is 2.15. The topological polar surface area (TPSA) is 61.9 Å². The van der Waals surface area contributed by atoms with Gasteiger partial charge < -0.3 is 15.0 Å². The van der Waals surface area contributed by atoms with Gasteiger partial charge in [0, 0.05) is 31.7 Å². The van der Waals surface area contributed by atoms with E-state index in [2.05, 4.69) is 16.1 Å². The molecule has 6 nitrogen and oxygen atoms in total. The average Bonchev–Trinajstić information content (AvgIpc) is 2.65. The molecule has 0 radical (unpaired) electrons. The Morgan fingerprint density at radius 2 is 1.88 bits per heavy atom. The number of nitrogens with one attached hydrogen (secondary N) is 1. The van der Waals surface area contributed by atoms with Crippen LogP contribution in [0.4, 0.5) is 0 Å². The molecule has 0 unspecified atom stereocenters. The molecule has 0 aromatic heterocycles. The number of carbonyl (C=O) groups excluding carboxylic acids is 2. The van der Waals surface area contributed by atoms with Gasteiger partial charge >= 0.3 is 0 Å². The Kier molecular flexibility index (Phi) is 6.21. The Morgan fingerprint density at radius 3 is 2.42 bits per heavy atom. The Bertz CT molecular complexity index is 613. The van der Waals surface area contributed by atoms with Crippen molar-refractivity contribution in [3.63, 3.8) is 0 Å². The highest BCUT2D eigenvalue weighted by molar-refractivity contribution is 5.94. The van der Waals surface area contributed by atoms with Gasteiger partial charge in [-0.3, -0.25) is 14.5 Å². The van der Waals surface area contributed by atoms with Crippen molar-refractivity contribution in [2.45, 2.75) is 13.0 Å². The van der Waals surface area contributed by atoms with Gasteiger partial charge in [0.2, 0.25) is 5.91 Å². The predicted octanol–water partition coefficient (Wildman–Crippen LogP) is 0.591. The lowest BCUT2D eigenvalue weighted by molar-refractivity contribution is -0.126. The summed E-state index contributed by atoms with van der Waals surface area (Å²) < 4.78 is 5.10. The van der Waals surface area contributed by atoms with Gasteiger partial charge in [0.15, 0.2) is 0 Å². The lowest BCUT2D eigenvalue weighted by Gasteiger charge is -2.37. The molecule has 1 aliphatic rings. The molecular weight excluding hydrogens is 306 g/mol. The van der Waals surface area contributed by atoms with Crippen molar-refractivity contribution in [1.29, 1.82) is 0 Å². The number of hydrogen-bond donors (Lipinski definition) is 1. The summed E-state index contributed by atoms with van der Waals surface area (Å²) in [4.78, 5) is 28.3.